The minimum Gasteiger partial charge on any atom is -0.496 e. The molecule has 0 aromatic heterocycles. The molecule has 1 heterocycles. The molecular weight excluding hydrogens is 457 g/mol. The summed E-state index contributed by atoms with van der Waals surface area (Å²) in [6.45, 7) is 2.38. The minimum absolute atomic E-state index is 0.00941. The number of thioether (sulfide) groups is 1. The zero-order valence-corrected chi connectivity index (χ0v) is 18.5. The molecule has 0 unspecified atom stereocenters. The van der Waals surface area contributed by atoms with Crippen LogP contribution in [0, 0.1) is 5.82 Å². The first kappa shape index (κ1) is 21.5. The summed E-state index contributed by atoms with van der Waals surface area (Å²) >= 11 is 4.85. The average molecular weight is 478 g/mol. The van der Waals surface area contributed by atoms with Crippen molar-refractivity contribution in [2.75, 3.05) is 7.11 Å². The van der Waals surface area contributed by atoms with E-state index in [2.05, 4.69) is 26.1 Å². The van der Waals surface area contributed by atoms with Crippen molar-refractivity contribution in [3.63, 3.8) is 0 Å². The third-order valence-electron chi connectivity index (χ3n) is 4.36. The standard InChI is InChI=1S/C21H21BrFN3O2S/c1-3-4-19-20(27)26(13-14-5-8-17(23)9-6-14)21(29-19)25-24-12-15-11-16(22)7-10-18(15)28-2/h5-12,19H,3-4,13H2,1-2H3/b24-12-,25-21+/t19-/m0/s1. The fraction of sp³-hybridized carbons (Fsp3) is 0.286. The first-order chi connectivity index (χ1) is 14.0. The third kappa shape index (κ3) is 5.45. The Bertz CT molecular complexity index is 934. The van der Waals surface area contributed by atoms with E-state index in [1.54, 1.807) is 30.4 Å². The van der Waals surface area contributed by atoms with E-state index in [1.807, 2.05) is 25.1 Å². The van der Waals surface area contributed by atoms with E-state index in [-0.39, 0.29) is 17.0 Å². The van der Waals surface area contributed by atoms with Gasteiger partial charge in [0, 0.05) is 10.0 Å². The fourth-order valence-electron chi connectivity index (χ4n) is 2.90. The number of halogens is 2. The number of ether oxygens (including phenoxy) is 1. The molecule has 1 amide bonds. The van der Waals surface area contributed by atoms with Gasteiger partial charge >= 0.3 is 0 Å². The van der Waals surface area contributed by atoms with Gasteiger partial charge in [-0.3, -0.25) is 9.69 Å². The molecule has 29 heavy (non-hydrogen) atoms. The lowest BCUT2D eigenvalue weighted by molar-refractivity contribution is -0.126. The van der Waals surface area contributed by atoms with Gasteiger partial charge in [-0.2, -0.15) is 5.10 Å². The van der Waals surface area contributed by atoms with Crippen molar-refractivity contribution in [1.29, 1.82) is 0 Å². The van der Waals surface area contributed by atoms with Crippen LogP contribution in [0.15, 0.2) is 57.1 Å². The molecule has 8 heteroatoms. The summed E-state index contributed by atoms with van der Waals surface area (Å²) < 4.78 is 19.4. The molecule has 3 rings (SSSR count). The monoisotopic (exact) mass is 477 g/mol. The van der Waals surface area contributed by atoms with Crippen LogP contribution in [0.2, 0.25) is 0 Å². The molecule has 5 nitrogen and oxygen atoms in total. The Morgan fingerprint density at radius 3 is 2.72 bits per heavy atom. The van der Waals surface area contributed by atoms with Crippen molar-refractivity contribution in [3.05, 3.63) is 63.9 Å². The van der Waals surface area contributed by atoms with Gasteiger partial charge in [0.2, 0.25) is 5.91 Å². The lowest BCUT2D eigenvalue weighted by Gasteiger charge is -2.15. The molecular formula is C21H21BrFN3O2S. The van der Waals surface area contributed by atoms with E-state index in [4.69, 9.17) is 4.74 Å². The highest BCUT2D eigenvalue weighted by Crippen LogP contribution is 2.32. The average Bonchev–Trinajstić information content (AvgIpc) is 2.99. The van der Waals surface area contributed by atoms with Crippen LogP contribution < -0.4 is 4.74 Å². The van der Waals surface area contributed by atoms with Gasteiger partial charge in [-0.15, -0.1) is 5.10 Å². The normalized spacial score (nSPS) is 18.2. The highest BCUT2D eigenvalue weighted by molar-refractivity contribution is 9.10. The second-order valence-corrected chi connectivity index (χ2v) is 8.54. The molecule has 0 saturated carbocycles. The molecule has 2 aromatic rings. The Morgan fingerprint density at radius 1 is 1.28 bits per heavy atom. The van der Waals surface area contributed by atoms with Gasteiger partial charge in [-0.1, -0.05) is 53.2 Å². The largest absolute Gasteiger partial charge is 0.496 e. The van der Waals surface area contributed by atoms with Gasteiger partial charge in [0.15, 0.2) is 5.17 Å². The SMILES string of the molecule is CCC[C@@H]1S/C(=N/N=C\c2cc(Br)ccc2OC)N(Cc2ccc(F)cc2)C1=O. The summed E-state index contributed by atoms with van der Waals surface area (Å²) in [5.74, 6) is 0.385. The zero-order chi connectivity index (χ0) is 20.8. The van der Waals surface area contributed by atoms with E-state index in [0.29, 0.717) is 17.5 Å². The molecule has 1 atom stereocenters. The lowest BCUT2D eigenvalue weighted by Crippen LogP contribution is -2.31. The van der Waals surface area contributed by atoms with Crippen molar-refractivity contribution in [3.8, 4) is 5.75 Å². The van der Waals surface area contributed by atoms with Gasteiger partial charge in [0.1, 0.15) is 11.6 Å². The van der Waals surface area contributed by atoms with Crippen LogP contribution in [-0.2, 0) is 11.3 Å². The maximum absolute atomic E-state index is 13.2. The van der Waals surface area contributed by atoms with Crippen LogP contribution >= 0.6 is 27.7 Å². The van der Waals surface area contributed by atoms with E-state index >= 15 is 0 Å². The molecule has 0 bridgehead atoms. The number of rotatable bonds is 7. The molecule has 0 N–H and O–H groups in total. The summed E-state index contributed by atoms with van der Waals surface area (Å²) in [7, 11) is 1.59. The second-order valence-electron chi connectivity index (χ2n) is 6.46. The Labute approximate surface area is 182 Å². The molecule has 2 aromatic carbocycles. The fourth-order valence-corrected chi connectivity index (χ4v) is 4.49. The van der Waals surface area contributed by atoms with Crippen molar-refractivity contribution in [2.24, 2.45) is 10.2 Å². The van der Waals surface area contributed by atoms with Crippen LogP contribution in [0.25, 0.3) is 0 Å². The van der Waals surface area contributed by atoms with Gasteiger partial charge in [-0.25, -0.2) is 4.39 Å². The van der Waals surface area contributed by atoms with E-state index in [0.717, 1.165) is 28.4 Å². The highest BCUT2D eigenvalue weighted by atomic mass is 79.9. The molecule has 1 aliphatic rings. The Morgan fingerprint density at radius 2 is 2.03 bits per heavy atom. The van der Waals surface area contributed by atoms with Crippen LogP contribution in [-0.4, -0.2) is 34.5 Å². The Kier molecular flexibility index (Phi) is 7.44. The Balaban J connectivity index is 1.84. The maximum atomic E-state index is 13.2. The first-order valence-corrected chi connectivity index (χ1v) is 10.9. The maximum Gasteiger partial charge on any atom is 0.242 e. The predicted octanol–water partition coefficient (Wildman–Crippen LogP) is 5.23. The summed E-state index contributed by atoms with van der Waals surface area (Å²) in [5, 5.41) is 8.88. The predicted molar refractivity (Wildman–Crippen MR) is 119 cm³/mol. The summed E-state index contributed by atoms with van der Waals surface area (Å²) in [6.07, 6.45) is 3.27. The van der Waals surface area contributed by atoms with Gasteiger partial charge < -0.3 is 4.74 Å². The van der Waals surface area contributed by atoms with Crippen molar-refractivity contribution in [1.82, 2.24) is 4.90 Å². The first-order valence-electron chi connectivity index (χ1n) is 9.19. The smallest absolute Gasteiger partial charge is 0.242 e. The number of nitrogens with zero attached hydrogens (tertiary/aromatic N) is 3. The van der Waals surface area contributed by atoms with Crippen LogP contribution in [0.4, 0.5) is 4.39 Å². The van der Waals surface area contributed by atoms with Crippen LogP contribution in [0.5, 0.6) is 5.75 Å². The molecule has 0 spiro atoms. The summed E-state index contributed by atoms with van der Waals surface area (Å²) in [5.41, 5.74) is 1.61. The minimum atomic E-state index is -0.304. The number of carbonyl (C=O) groups excluding carboxylic acids is 1. The number of hydrogen-bond acceptors (Lipinski definition) is 5. The van der Waals surface area contributed by atoms with E-state index in [9.17, 15) is 9.18 Å². The van der Waals surface area contributed by atoms with Crippen molar-refractivity contribution < 1.29 is 13.9 Å². The van der Waals surface area contributed by atoms with Crippen molar-refractivity contribution in [2.45, 2.75) is 31.6 Å². The second kappa shape index (κ2) is 10.0. The molecule has 0 radical (unpaired) electrons. The van der Waals surface area contributed by atoms with E-state index in [1.165, 1.54) is 23.9 Å². The number of carbonyl (C=O) groups is 1. The number of hydrogen-bond donors (Lipinski definition) is 0. The summed E-state index contributed by atoms with van der Waals surface area (Å²) in [6, 6.07) is 11.7. The number of benzene rings is 2. The topological polar surface area (TPSA) is 54.3 Å². The quantitative estimate of drug-likeness (QED) is 0.405. The van der Waals surface area contributed by atoms with Gasteiger partial charge in [0.25, 0.3) is 0 Å². The molecule has 1 saturated heterocycles. The van der Waals surface area contributed by atoms with Crippen LogP contribution in [0.1, 0.15) is 30.9 Å². The third-order valence-corrected chi connectivity index (χ3v) is 6.08. The van der Waals surface area contributed by atoms with Gasteiger partial charge in [-0.05, 0) is 42.3 Å². The van der Waals surface area contributed by atoms with Crippen LogP contribution in [0.3, 0.4) is 0 Å². The number of amidine groups is 1. The lowest BCUT2D eigenvalue weighted by atomic mass is 10.2. The molecule has 0 aliphatic carbocycles. The molecule has 1 aliphatic heterocycles. The van der Waals surface area contributed by atoms with Crippen molar-refractivity contribution >= 4 is 45.0 Å². The zero-order valence-electron chi connectivity index (χ0n) is 16.1. The van der Waals surface area contributed by atoms with E-state index < -0.39 is 0 Å². The summed E-state index contributed by atoms with van der Waals surface area (Å²) in [4.78, 5) is 14.4. The molecule has 152 valence electrons. The highest BCUT2D eigenvalue weighted by Gasteiger charge is 2.37. The Hall–Kier alpha value is -2.19. The van der Waals surface area contributed by atoms with Gasteiger partial charge in [0.05, 0.1) is 25.1 Å². The number of methoxy groups -OCH3 is 1. The molecule has 1 fully saturated rings. The number of amides is 1.